The van der Waals surface area contributed by atoms with Crippen LogP contribution in [0.3, 0.4) is 0 Å². The maximum absolute atomic E-state index is 12.5. The summed E-state index contributed by atoms with van der Waals surface area (Å²) in [6, 6.07) is 2.00. The normalized spacial score (nSPS) is 19.9. The zero-order chi connectivity index (χ0) is 16.9. The van der Waals surface area contributed by atoms with E-state index in [2.05, 4.69) is 15.3 Å². The summed E-state index contributed by atoms with van der Waals surface area (Å²) in [5, 5.41) is 7.27. The monoisotopic (exact) mass is 333 g/mol. The second-order valence-corrected chi connectivity index (χ2v) is 6.79. The van der Waals surface area contributed by atoms with Gasteiger partial charge in [0.15, 0.2) is 0 Å². The van der Waals surface area contributed by atoms with Gasteiger partial charge in [0.1, 0.15) is 0 Å². The van der Waals surface area contributed by atoms with E-state index in [0.29, 0.717) is 19.1 Å². The van der Waals surface area contributed by atoms with Gasteiger partial charge in [-0.1, -0.05) is 25.7 Å². The van der Waals surface area contributed by atoms with Crippen LogP contribution >= 0.6 is 0 Å². The van der Waals surface area contributed by atoms with Crippen molar-refractivity contribution in [2.45, 2.75) is 44.6 Å². The van der Waals surface area contributed by atoms with Crippen LogP contribution in [0.1, 0.15) is 38.5 Å². The number of carbonyl (C=O) groups is 1. The fraction of sp³-hybridized carbons (Fsp3) is 0.706. The van der Waals surface area contributed by atoms with Crippen molar-refractivity contribution < 1.29 is 4.79 Å². The van der Waals surface area contributed by atoms with E-state index in [4.69, 9.17) is 0 Å². The molecule has 132 valence electrons. The fourth-order valence-corrected chi connectivity index (χ4v) is 3.49. The molecule has 1 N–H and O–H groups in total. The molecule has 1 aliphatic heterocycles. The summed E-state index contributed by atoms with van der Waals surface area (Å²) in [7, 11) is 1.64. The lowest BCUT2D eigenvalue weighted by Gasteiger charge is -2.36. The summed E-state index contributed by atoms with van der Waals surface area (Å²) >= 11 is 0. The summed E-state index contributed by atoms with van der Waals surface area (Å²) in [4.78, 5) is 28.2. The first kappa shape index (κ1) is 16.8. The summed E-state index contributed by atoms with van der Waals surface area (Å²) in [5.41, 5.74) is 0.725. The maximum atomic E-state index is 12.5. The number of nitrogens with zero attached hydrogens (tertiary/aromatic N) is 4. The number of piperazine rings is 1. The van der Waals surface area contributed by atoms with Gasteiger partial charge in [-0.3, -0.25) is 4.79 Å². The minimum atomic E-state index is -0.110. The fourth-order valence-electron chi connectivity index (χ4n) is 3.49. The highest BCUT2D eigenvalue weighted by molar-refractivity contribution is 5.75. The number of anilines is 1. The number of aromatic nitrogens is 2. The number of hydrogen-bond donors (Lipinski definition) is 1. The molecule has 1 aliphatic carbocycles. The molecule has 1 aromatic heterocycles. The van der Waals surface area contributed by atoms with Gasteiger partial charge in [0.25, 0.3) is 5.56 Å². The lowest BCUT2D eigenvalue weighted by atomic mass is 10.1. The molecule has 2 amide bonds. The predicted molar refractivity (Wildman–Crippen MR) is 93.3 cm³/mol. The molecule has 0 bridgehead atoms. The van der Waals surface area contributed by atoms with Gasteiger partial charge in [0, 0.05) is 45.3 Å². The van der Waals surface area contributed by atoms with Crippen LogP contribution in [0.15, 0.2) is 17.1 Å². The average molecular weight is 333 g/mol. The van der Waals surface area contributed by atoms with Crippen LogP contribution in [-0.2, 0) is 7.05 Å². The molecule has 0 atom stereocenters. The zero-order valence-corrected chi connectivity index (χ0v) is 14.4. The lowest BCUT2D eigenvalue weighted by molar-refractivity contribution is 0.189. The van der Waals surface area contributed by atoms with Crippen LogP contribution in [0.4, 0.5) is 10.5 Å². The van der Waals surface area contributed by atoms with E-state index < -0.39 is 0 Å². The molecule has 24 heavy (non-hydrogen) atoms. The topological polar surface area (TPSA) is 70.5 Å². The second-order valence-electron chi connectivity index (χ2n) is 6.79. The second kappa shape index (κ2) is 7.68. The number of hydrogen-bond acceptors (Lipinski definition) is 4. The minimum Gasteiger partial charge on any atom is -0.367 e. The van der Waals surface area contributed by atoms with E-state index in [1.807, 2.05) is 4.90 Å². The standard InChI is InChI=1S/C17H27N5O2/c1-20-16(23)12-15(13-18-20)21-8-10-22(11-9-21)17(24)19-14-6-4-2-3-5-7-14/h12-14H,2-11H2,1H3,(H,19,24). The number of aryl methyl sites for hydroxylation is 1. The van der Waals surface area contributed by atoms with Crippen LogP contribution < -0.4 is 15.8 Å². The molecule has 2 aliphatic rings. The SMILES string of the molecule is Cn1ncc(N2CCN(C(=O)NC3CCCCCC3)CC2)cc1=O. The Morgan fingerprint density at radius 2 is 1.79 bits per heavy atom. The molecule has 3 rings (SSSR count). The van der Waals surface area contributed by atoms with E-state index in [0.717, 1.165) is 31.6 Å². The van der Waals surface area contributed by atoms with Gasteiger partial charge < -0.3 is 15.1 Å². The maximum Gasteiger partial charge on any atom is 0.317 e. The zero-order valence-electron chi connectivity index (χ0n) is 14.4. The van der Waals surface area contributed by atoms with Crippen LogP contribution in [0, 0.1) is 0 Å². The molecule has 7 nitrogen and oxygen atoms in total. The van der Waals surface area contributed by atoms with Crippen molar-refractivity contribution in [3.63, 3.8) is 0 Å². The van der Waals surface area contributed by atoms with E-state index in [9.17, 15) is 9.59 Å². The van der Waals surface area contributed by atoms with Gasteiger partial charge in [0.05, 0.1) is 11.9 Å². The van der Waals surface area contributed by atoms with Crippen LogP contribution in [0.25, 0.3) is 0 Å². The number of amides is 2. The van der Waals surface area contributed by atoms with E-state index >= 15 is 0 Å². The number of urea groups is 1. The Bertz CT molecular complexity index is 614. The Hall–Kier alpha value is -2.05. The third-order valence-electron chi connectivity index (χ3n) is 5.07. The van der Waals surface area contributed by atoms with Crippen LogP contribution in [-0.4, -0.2) is 52.9 Å². The van der Waals surface area contributed by atoms with Gasteiger partial charge in [-0.2, -0.15) is 5.10 Å². The van der Waals surface area contributed by atoms with E-state index in [1.165, 1.54) is 30.4 Å². The summed E-state index contributed by atoms with van der Waals surface area (Å²) in [6.07, 6.45) is 8.92. The van der Waals surface area contributed by atoms with Crippen LogP contribution in [0.2, 0.25) is 0 Å². The minimum absolute atomic E-state index is 0.0589. The third kappa shape index (κ3) is 4.07. The molecule has 2 fully saturated rings. The Morgan fingerprint density at radius 3 is 2.42 bits per heavy atom. The van der Waals surface area contributed by atoms with Gasteiger partial charge in [-0.25, -0.2) is 9.48 Å². The van der Waals surface area contributed by atoms with Crippen molar-refractivity contribution in [2.24, 2.45) is 7.05 Å². The smallest absolute Gasteiger partial charge is 0.317 e. The predicted octanol–water partition coefficient (Wildman–Crippen LogP) is 1.33. The molecule has 0 spiro atoms. The van der Waals surface area contributed by atoms with Crippen molar-refractivity contribution in [3.05, 3.63) is 22.6 Å². The number of rotatable bonds is 2. The molecule has 0 unspecified atom stereocenters. The van der Waals surface area contributed by atoms with E-state index in [1.54, 1.807) is 19.3 Å². The number of nitrogens with one attached hydrogen (secondary N) is 1. The summed E-state index contributed by atoms with van der Waals surface area (Å²) in [5.74, 6) is 0. The molecule has 7 heteroatoms. The molecule has 1 saturated carbocycles. The lowest BCUT2D eigenvalue weighted by Crippen LogP contribution is -2.53. The van der Waals surface area contributed by atoms with Gasteiger partial charge in [-0.05, 0) is 12.8 Å². The highest BCUT2D eigenvalue weighted by Gasteiger charge is 2.24. The Labute approximate surface area is 142 Å². The van der Waals surface area contributed by atoms with Crippen LogP contribution in [0.5, 0.6) is 0 Å². The van der Waals surface area contributed by atoms with Crippen molar-refractivity contribution in [3.8, 4) is 0 Å². The first-order valence-corrected chi connectivity index (χ1v) is 8.97. The van der Waals surface area contributed by atoms with Crippen molar-refractivity contribution in [2.75, 3.05) is 31.1 Å². The Balaban J connectivity index is 1.51. The van der Waals surface area contributed by atoms with Gasteiger partial charge in [-0.15, -0.1) is 0 Å². The quantitative estimate of drug-likeness (QED) is 0.829. The molecular weight excluding hydrogens is 306 g/mol. The van der Waals surface area contributed by atoms with E-state index in [-0.39, 0.29) is 11.6 Å². The van der Waals surface area contributed by atoms with Crippen molar-refractivity contribution >= 4 is 11.7 Å². The molecule has 2 heterocycles. The average Bonchev–Trinajstić information content (AvgIpc) is 2.86. The Kier molecular flexibility index (Phi) is 5.37. The Morgan fingerprint density at radius 1 is 1.12 bits per heavy atom. The molecule has 1 aromatic rings. The first-order chi connectivity index (χ1) is 11.6. The molecular formula is C17H27N5O2. The molecule has 1 saturated heterocycles. The van der Waals surface area contributed by atoms with Gasteiger partial charge in [0.2, 0.25) is 0 Å². The molecule has 0 aromatic carbocycles. The van der Waals surface area contributed by atoms with Gasteiger partial charge >= 0.3 is 6.03 Å². The third-order valence-corrected chi connectivity index (χ3v) is 5.07. The highest BCUT2D eigenvalue weighted by atomic mass is 16.2. The number of carbonyl (C=O) groups excluding carboxylic acids is 1. The van der Waals surface area contributed by atoms with Crippen molar-refractivity contribution in [1.82, 2.24) is 20.0 Å². The summed E-state index contributed by atoms with van der Waals surface area (Å²) in [6.45, 7) is 2.81. The summed E-state index contributed by atoms with van der Waals surface area (Å²) < 4.78 is 1.32. The largest absolute Gasteiger partial charge is 0.367 e. The van der Waals surface area contributed by atoms with Crippen molar-refractivity contribution in [1.29, 1.82) is 0 Å². The molecule has 0 radical (unpaired) electrons. The first-order valence-electron chi connectivity index (χ1n) is 8.97. The highest BCUT2D eigenvalue weighted by Crippen LogP contribution is 2.18.